The summed E-state index contributed by atoms with van der Waals surface area (Å²) in [6.45, 7) is 5.06. The lowest BCUT2D eigenvalue weighted by atomic mass is 9.79. The second-order valence-corrected chi connectivity index (χ2v) is 16.3. The minimum atomic E-state index is -0.740. The van der Waals surface area contributed by atoms with E-state index in [0.29, 0.717) is 60.0 Å². The highest BCUT2D eigenvalue weighted by Crippen LogP contribution is 2.37. The number of carboxylic acid groups (broad SMARTS) is 2. The lowest BCUT2D eigenvalue weighted by Crippen LogP contribution is -2.36. The van der Waals surface area contributed by atoms with Gasteiger partial charge in [-0.25, -0.2) is 0 Å². The van der Waals surface area contributed by atoms with E-state index in [-0.39, 0.29) is 42.9 Å². The van der Waals surface area contributed by atoms with Crippen LogP contribution in [-0.2, 0) is 35.8 Å². The van der Waals surface area contributed by atoms with E-state index in [2.05, 4.69) is 41.3 Å². The first kappa shape index (κ1) is 43.0. The van der Waals surface area contributed by atoms with Crippen LogP contribution in [0.3, 0.4) is 0 Å². The van der Waals surface area contributed by atoms with Crippen LogP contribution < -0.4 is 24.3 Å². The van der Waals surface area contributed by atoms with E-state index in [1.165, 1.54) is 0 Å². The average Bonchev–Trinajstić information content (AvgIpc) is 3.22. The normalized spacial score (nSPS) is 19.3. The van der Waals surface area contributed by atoms with Crippen LogP contribution in [0.4, 0.5) is 0 Å². The Morgan fingerprint density at radius 1 is 0.707 bits per heavy atom. The average molecular weight is 835 g/mol. The Labute approximate surface area is 350 Å². The number of aryl methyl sites for hydroxylation is 1. The maximum Gasteiger partial charge on any atom is 0.306 e. The summed E-state index contributed by atoms with van der Waals surface area (Å²) < 4.78 is 23.6. The Hall–Kier alpha value is -4.58. The minimum Gasteiger partial charge on any atom is -0.481 e. The van der Waals surface area contributed by atoms with Crippen molar-refractivity contribution < 1.29 is 38.7 Å². The topological polar surface area (TPSA) is 149 Å². The molecular weight excluding hydrogens is 781 g/mol. The molecule has 3 N–H and O–H groups in total. The maximum absolute atomic E-state index is 11.5. The van der Waals surface area contributed by atoms with Crippen LogP contribution in [0.25, 0.3) is 11.1 Å². The van der Waals surface area contributed by atoms with E-state index >= 15 is 0 Å². The number of methoxy groups -OCH3 is 2. The molecule has 0 bridgehead atoms. The highest BCUT2D eigenvalue weighted by Gasteiger charge is 2.28. The van der Waals surface area contributed by atoms with Gasteiger partial charge in [-0.05, 0) is 110 Å². The number of nitrogens with one attached hydrogen (secondary N) is 1. The zero-order valence-electron chi connectivity index (χ0n) is 33.6. The molecule has 2 fully saturated rings. The van der Waals surface area contributed by atoms with Crippen LogP contribution in [0.1, 0.15) is 91.2 Å². The van der Waals surface area contributed by atoms with Gasteiger partial charge < -0.3 is 34.5 Å². The van der Waals surface area contributed by atoms with E-state index in [9.17, 15) is 19.8 Å². The van der Waals surface area contributed by atoms with Crippen molar-refractivity contribution >= 4 is 35.1 Å². The van der Waals surface area contributed by atoms with E-state index in [0.717, 1.165) is 83.0 Å². The predicted octanol–water partition coefficient (Wildman–Crippen LogP) is 9.80. The van der Waals surface area contributed by atoms with Crippen LogP contribution in [0.2, 0.25) is 10.0 Å². The molecule has 0 radical (unpaired) electrons. The monoisotopic (exact) mass is 833 g/mol. The predicted molar refractivity (Wildman–Crippen MR) is 223 cm³/mol. The minimum absolute atomic E-state index is 0.0964. The summed E-state index contributed by atoms with van der Waals surface area (Å²) in [5.41, 5.74) is 7.82. The summed E-state index contributed by atoms with van der Waals surface area (Å²) in [4.78, 5) is 32.3. The molecule has 2 heterocycles. The first-order chi connectivity index (χ1) is 27.9. The van der Waals surface area contributed by atoms with Crippen LogP contribution in [0, 0.1) is 31.6 Å². The number of rotatable bonds is 17. The van der Waals surface area contributed by atoms with E-state index in [1.54, 1.807) is 20.3 Å². The fraction of sp³-hybridized carbons (Fsp3) is 0.467. The van der Waals surface area contributed by atoms with Gasteiger partial charge in [-0.15, -0.1) is 0 Å². The Bertz CT molecular complexity index is 1950. The molecule has 0 aliphatic heterocycles. The molecule has 4 atom stereocenters. The first-order valence-electron chi connectivity index (χ1n) is 20.0. The summed E-state index contributed by atoms with van der Waals surface area (Å²) >= 11 is 13.4. The molecule has 2 aliphatic rings. The lowest BCUT2D eigenvalue weighted by Gasteiger charge is -2.27. The number of aliphatic carboxylic acids is 2. The van der Waals surface area contributed by atoms with Crippen molar-refractivity contribution in [2.75, 3.05) is 14.2 Å². The third-order valence-corrected chi connectivity index (χ3v) is 12.4. The second-order valence-electron chi connectivity index (χ2n) is 15.5. The molecule has 2 aromatic heterocycles. The summed E-state index contributed by atoms with van der Waals surface area (Å²) in [5, 5.41) is 23.2. The van der Waals surface area contributed by atoms with Gasteiger partial charge in [0.2, 0.25) is 23.5 Å². The SMILES string of the molecule is COc1nc(OCc2cccc(-c3cccc(COc4nc(OC)c(CN[C@H]5CCC[C@@H](C(=O)O)C5)cc4Cl)c3C)c2C)c(Cl)cc1CC[C@H]1CCC[C@@H](C(=O)O)C1. The molecule has 11 nitrogen and oxygen atoms in total. The number of carbonyl (C=O) groups is 2. The number of pyridine rings is 2. The highest BCUT2D eigenvalue weighted by atomic mass is 35.5. The largest absolute Gasteiger partial charge is 0.481 e. The third-order valence-electron chi connectivity index (χ3n) is 11.8. The van der Waals surface area contributed by atoms with Gasteiger partial charge in [-0.3, -0.25) is 9.59 Å². The van der Waals surface area contributed by atoms with Crippen LogP contribution in [0.15, 0.2) is 48.5 Å². The fourth-order valence-corrected chi connectivity index (χ4v) is 8.85. The number of carboxylic acids is 2. The third kappa shape index (κ3) is 10.5. The number of hydrogen-bond donors (Lipinski definition) is 3. The number of aromatic nitrogens is 2. The molecular formula is C45H53Cl2N3O8. The molecule has 0 spiro atoms. The van der Waals surface area contributed by atoms with Gasteiger partial charge in [0.25, 0.3) is 0 Å². The Morgan fingerprint density at radius 3 is 1.78 bits per heavy atom. The number of benzene rings is 2. The van der Waals surface area contributed by atoms with Gasteiger partial charge >= 0.3 is 11.9 Å². The molecule has 4 aromatic rings. The molecule has 2 aliphatic carbocycles. The van der Waals surface area contributed by atoms with Crippen LogP contribution in [-0.4, -0.2) is 52.4 Å². The van der Waals surface area contributed by atoms with E-state index in [4.69, 9.17) is 42.1 Å². The zero-order chi connectivity index (χ0) is 41.3. The molecule has 0 amide bonds. The summed E-state index contributed by atoms with van der Waals surface area (Å²) in [5.74, 6) is -0.278. The van der Waals surface area contributed by atoms with Gasteiger partial charge in [-0.2, -0.15) is 9.97 Å². The molecule has 0 saturated heterocycles. The lowest BCUT2D eigenvalue weighted by molar-refractivity contribution is -0.144. The van der Waals surface area contributed by atoms with Crippen LogP contribution in [0.5, 0.6) is 23.5 Å². The number of halogens is 2. The van der Waals surface area contributed by atoms with Gasteiger partial charge in [0.1, 0.15) is 23.3 Å². The van der Waals surface area contributed by atoms with Gasteiger partial charge in [0.05, 0.1) is 26.1 Å². The molecule has 13 heteroatoms. The van der Waals surface area contributed by atoms with Crippen molar-refractivity contribution in [3.05, 3.63) is 92.0 Å². The summed E-state index contributed by atoms with van der Waals surface area (Å²) in [7, 11) is 3.13. The van der Waals surface area contributed by atoms with Gasteiger partial charge in [-0.1, -0.05) is 78.9 Å². The van der Waals surface area contributed by atoms with Crippen molar-refractivity contribution in [2.24, 2.45) is 17.8 Å². The smallest absolute Gasteiger partial charge is 0.306 e. The standard InChI is InChI=1S/C45H53Cl2N3O8/c1-26-32(24-57-42-38(46)21-29(40(49-42)55-3)18-17-28-9-5-10-30(19-28)44(51)52)12-7-15-36(26)37-16-8-13-33(27(37)2)25-58-43-39(47)22-34(41(50-43)56-4)23-48-35-14-6-11-31(20-35)45(53)54/h7-8,12-13,15-16,21-22,28,30-31,35,48H,5-6,9-11,14,17-20,23-25H2,1-4H3,(H,51,52)(H,53,54)/t28-,30-,31-,35+/m1/s1. The Morgan fingerprint density at radius 2 is 1.22 bits per heavy atom. The highest BCUT2D eigenvalue weighted by molar-refractivity contribution is 6.32. The van der Waals surface area contributed by atoms with Gasteiger partial charge in [0, 0.05) is 23.7 Å². The fourth-order valence-electron chi connectivity index (χ4n) is 8.40. The quantitative estimate of drug-likeness (QED) is 0.0933. The summed E-state index contributed by atoms with van der Waals surface area (Å²) in [6, 6.07) is 16.0. The number of nitrogens with zero attached hydrogens (tertiary/aromatic N) is 2. The molecule has 0 unspecified atom stereocenters. The van der Waals surface area contributed by atoms with Crippen molar-refractivity contribution in [1.82, 2.24) is 15.3 Å². The first-order valence-corrected chi connectivity index (χ1v) is 20.8. The molecule has 2 saturated carbocycles. The maximum atomic E-state index is 11.5. The number of ether oxygens (including phenoxy) is 4. The van der Waals surface area contributed by atoms with Crippen LogP contribution >= 0.6 is 23.2 Å². The molecule has 6 rings (SSSR count). The van der Waals surface area contributed by atoms with E-state index in [1.807, 2.05) is 30.3 Å². The number of hydrogen-bond acceptors (Lipinski definition) is 9. The molecule has 58 heavy (non-hydrogen) atoms. The van der Waals surface area contributed by atoms with E-state index < -0.39 is 11.9 Å². The van der Waals surface area contributed by atoms with Crippen molar-refractivity contribution in [3.8, 4) is 34.6 Å². The van der Waals surface area contributed by atoms with Crippen molar-refractivity contribution in [3.63, 3.8) is 0 Å². The molecule has 310 valence electrons. The molecule has 2 aromatic carbocycles. The van der Waals surface area contributed by atoms with Crippen molar-refractivity contribution in [1.29, 1.82) is 0 Å². The second kappa shape index (κ2) is 19.9. The summed E-state index contributed by atoms with van der Waals surface area (Å²) in [6.07, 6.45) is 8.05. The van der Waals surface area contributed by atoms with Gasteiger partial charge in [0.15, 0.2) is 0 Å². The Balaban J connectivity index is 1.10. The zero-order valence-corrected chi connectivity index (χ0v) is 35.1. The van der Waals surface area contributed by atoms with Crippen molar-refractivity contribution in [2.45, 2.75) is 104 Å². The Kier molecular flexibility index (Phi) is 14.8.